The van der Waals surface area contributed by atoms with Crippen LogP contribution >= 0.6 is 0 Å². The Hall–Kier alpha value is -2.12. The van der Waals surface area contributed by atoms with Crippen LogP contribution in [-0.2, 0) is 16.4 Å². The average molecular weight is 353 g/mol. The Balaban J connectivity index is 1.71. The van der Waals surface area contributed by atoms with Crippen LogP contribution in [0.3, 0.4) is 0 Å². The quantitative estimate of drug-likeness (QED) is 0.752. The fraction of sp³-hybridized carbons (Fsp3) is 0.294. The summed E-state index contributed by atoms with van der Waals surface area (Å²) in [6.45, 7) is 0.314. The van der Waals surface area contributed by atoms with Crippen molar-refractivity contribution in [2.24, 2.45) is 0 Å². The first-order valence-corrected chi connectivity index (χ1v) is 9.12. The van der Waals surface area contributed by atoms with Crippen LogP contribution in [0.2, 0.25) is 0 Å². The topological polar surface area (TPSA) is 64.6 Å². The lowest BCUT2D eigenvalue weighted by atomic mass is 10.1. The lowest BCUT2D eigenvalue weighted by molar-refractivity contribution is 0.339. The zero-order valence-corrected chi connectivity index (χ0v) is 14.2. The Labute approximate surface area is 141 Å². The minimum Gasteiger partial charge on any atom is -0.497 e. The van der Waals surface area contributed by atoms with Crippen LogP contribution < -0.4 is 14.2 Å². The van der Waals surface area contributed by atoms with Gasteiger partial charge >= 0.3 is 0 Å². The number of hydrogen-bond acceptors (Lipinski definition) is 4. The van der Waals surface area contributed by atoms with Gasteiger partial charge in [-0.2, -0.15) is 0 Å². The van der Waals surface area contributed by atoms with Gasteiger partial charge in [-0.15, -0.1) is 0 Å². The maximum absolute atomic E-state index is 12.8. The number of rotatable bonds is 9. The summed E-state index contributed by atoms with van der Waals surface area (Å²) in [5.41, 5.74) is 0.869. The summed E-state index contributed by atoms with van der Waals surface area (Å²) in [4.78, 5) is 0. The van der Waals surface area contributed by atoms with E-state index >= 15 is 0 Å². The highest BCUT2D eigenvalue weighted by Crippen LogP contribution is 2.16. The van der Waals surface area contributed by atoms with E-state index in [1.165, 1.54) is 12.1 Å². The van der Waals surface area contributed by atoms with Crippen LogP contribution in [0.25, 0.3) is 0 Å². The van der Waals surface area contributed by atoms with Gasteiger partial charge in [-0.05, 0) is 48.4 Å². The first kappa shape index (κ1) is 18.2. The Kier molecular flexibility index (Phi) is 6.57. The highest BCUT2D eigenvalue weighted by molar-refractivity contribution is 7.89. The molecule has 0 bridgehead atoms. The maximum atomic E-state index is 12.8. The van der Waals surface area contributed by atoms with E-state index in [1.54, 1.807) is 43.5 Å². The molecule has 0 amide bonds. The highest BCUT2D eigenvalue weighted by Gasteiger charge is 2.10. The van der Waals surface area contributed by atoms with Gasteiger partial charge in [0.2, 0.25) is 10.0 Å². The van der Waals surface area contributed by atoms with Crippen LogP contribution in [0, 0.1) is 5.82 Å². The maximum Gasteiger partial charge on any atom is 0.214 e. The predicted molar refractivity (Wildman–Crippen MR) is 90.4 cm³/mol. The van der Waals surface area contributed by atoms with Gasteiger partial charge in [0, 0.05) is 6.54 Å². The van der Waals surface area contributed by atoms with Gasteiger partial charge in [-0.25, -0.2) is 17.5 Å². The fourth-order valence-corrected chi connectivity index (χ4v) is 2.88. The first-order valence-electron chi connectivity index (χ1n) is 7.47. The van der Waals surface area contributed by atoms with Gasteiger partial charge in [0.25, 0.3) is 0 Å². The van der Waals surface area contributed by atoms with E-state index in [0.717, 1.165) is 5.56 Å². The number of sulfonamides is 1. The smallest absolute Gasteiger partial charge is 0.214 e. The number of halogens is 1. The minimum atomic E-state index is -3.42. The van der Waals surface area contributed by atoms with E-state index in [2.05, 4.69) is 4.72 Å². The van der Waals surface area contributed by atoms with Gasteiger partial charge in [-0.3, -0.25) is 0 Å². The fourth-order valence-electron chi connectivity index (χ4n) is 2.02. The number of methoxy groups -OCH3 is 1. The summed E-state index contributed by atoms with van der Waals surface area (Å²) < 4.78 is 49.5. The van der Waals surface area contributed by atoms with Crippen molar-refractivity contribution in [3.8, 4) is 11.5 Å². The van der Waals surface area contributed by atoms with Crippen molar-refractivity contribution in [1.29, 1.82) is 0 Å². The van der Waals surface area contributed by atoms with Crippen molar-refractivity contribution >= 4 is 10.0 Å². The molecule has 2 aromatic rings. The molecule has 0 spiro atoms. The molecule has 0 radical (unpaired) electrons. The molecule has 0 aromatic heterocycles. The molecule has 5 nitrogen and oxygen atoms in total. The molecule has 7 heteroatoms. The van der Waals surface area contributed by atoms with Gasteiger partial charge in [0.05, 0.1) is 12.9 Å². The standard InChI is InChI=1S/C17H20FNO4S/c1-22-16-6-8-17(9-7-16)23-12-13-24(20,21)19-11-10-14-2-4-15(18)5-3-14/h2-9,19H,10-13H2,1H3. The SMILES string of the molecule is COc1ccc(OCCS(=O)(=O)NCCc2ccc(F)cc2)cc1. The zero-order valence-electron chi connectivity index (χ0n) is 13.4. The van der Waals surface area contributed by atoms with Crippen LogP contribution in [0.4, 0.5) is 4.39 Å². The van der Waals surface area contributed by atoms with Gasteiger partial charge in [0.1, 0.15) is 23.9 Å². The van der Waals surface area contributed by atoms with Crippen molar-refractivity contribution in [2.75, 3.05) is 26.0 Å². The third-order valence-electron chi connectivity index (χ3n) is 3.33. The molecule has 0 aliphatic rings. The molecule has 0 heterocycles. The molecule has 0 saturated heterocycles. The Morgan fingerprint density at radius 3 is 2.25 bits per heavy atom. The molecule has 0 atom stereocenters. The lowest BCUT2D eigenvalue weighted by Crippen LogP contribution is -2.30. The predicted octanol–water partition coefficient (Wildman–Crippen LogP) is 2.38. The molecule has 0 aliphatic carbocycles. The van der Waals surface area contributed by atoms with Crippen LogP contribution in [-0.4, -0.2) is 34.4 Å². The van der Waals surface area contributed by atoms with E-state index < -0.39 is 10.0 Å². The average Bonchev–Trinajstić information content (AvgIpc) is 2.57. The van der Waals surface area contributed by atoms with Gasteiger partial charge in [0.15, 0.2) is 0 Å². The monoisotopic (exact) mass is 353 g/mol. The van der Waals surface area contributed by atoms with Crippen LogP contribution in [0.15, 0.2) is 48.5 Å². The second-order valence-corrected chi connectivity index (χ2v) is 7.04. The molecule has 2 aromatic carbocycles. The van der Waals surface area contributed by atoms with Gasteiger partial charge in [-0.1, -0.05) is 12.1 Å². The van der Waals surface area contributed by atoms with Crippen molar-refractivity contribution in [3.63, 3.8) is 0 Å². The summed E-state index contributed by atoms with van der Waals surface area (Å²) in [6, 6.07) is 12.9. The summed E-state index contributed by atoms with van der Waals surface area (Å²) >= 11 is 0. The van der Waals surface area contributed by atoms with Crippen molar-refractivity contribution in [1.82, 2.24) is 4.72 Å². The summed E-state index contributed by atoms with van der Waals surface area (Å²) in [5, 5.41) is 0. The normalized spacial score (nSPS) is 11.2. The summed E-state index contributed by atoms with van der Waals surface area (Å²) in [5.74, 6) is 0.840. The minimum absolute atomic E-state index is 0.0538. The molecule has 0 saturated carbocycles. The molecule has 0 aliphatic heterocycles. The molecular formula is C17H20FNO4S. The first-order chi connectivity index (χ1) is 11.5. The molecule has 2 rings (SSSR count). The Bertz CT molecular complexity index is 730. The molecular weight excluding hydrogens is 333 g/mol. The van der Waals surface area contributed by atoms with E-state index in [4.69, 9.17) is 9.47 Å². The number of nitrogens with one attached hydrogen (secondary N) is 1. The molecule has 1 N–H and O–H groups in total. The largest absolute Gasteiger partial charge is 0.497 e. The number of benzene rings is 2. The molecule has 0 unspecified atom stereocenters. The third-order valence-corrected chi connectivity index (χ3v) is 4.68. The highest BCUT2D eigenvalue weighted by atomic mass is 32.2. The van der Waals surface area contributed by atoms with Crippen LogP contribution in [0.5, 0.6) is 11.5 Å². The lowest BCUT2D eigenvalue weighted by Gasteiger charge is -2.09. The summed E-state index contributed by atoms with van der Waals surface area (Å²) in [7, 11) is -1.85. The molecule has 0 fully saturated rings. The second kappa shape index (κ2) is 8.65. The van der Waals surface area contributed by atoms with Crippen molar-refractivity contribution in [2.45, 2.75) is 6.42 Å². The third kappa shape index (κ3) is 6.17. The van der Waals surface area contributed by atoms with Crippen molar-refractivity contribution < 1.29 is 22.3 Å². The number of ether oxygens (including phenoxy) is 2. The zero-order chi connectivity index (χ0) is 17.4. The van der Waals surface area contributed by atoms with Gasteiger partial charge < -0.3 is 9.47 Å². The van der Waals surface area contributed by atoms with Crippen LogP contribution in [0.1, 0.15) is 5.56 Å². The second-order valence-electron chi connectivity index (χ2n) is 5.11. The Morgan fingerprint density at radius 1 is 1.00 bits per heavy atom. The molecule has 130 valence electrons. The number of hydrogen-bond donors (Lipinski definition) is 1. The Morgan fingerprint density at radius 2 is 1.62 bits per heavy atom. The van der Waals surface area contributed by atoms with Crippen molar-refractivity contribution in [3.05, 3.63) is 59.9 Å². The van der Waals surface area contributed by atoms with E-state index in [0.29, 0.717) is 17.9 Å². The molecule has 24 heavy (non-hydrogen) atoms. The summed E-state index contributed by atoms with van der Waals surface area (Å²) in [6.07, 6.45) is 0.499. The van der Waals surface area contributed by atoms with E-state index in [9.17, 15) is 12.8 Å². The van der Waals surface area contributed by atoms with E-state index in [1.807, 2.05) is 0 Å². The van der Waals surface area contributed by atoms with E-state index in [-0.39, 0.29) is 24.7 Å².